The van der Waals surface area contributed by atoms with Crippen molar-refractivity contribution >= 4 is 5.69 Å². The van der Waals surface area contributed by atoms with Crippen molar-refractivity contribution in [1.82, 2.24) is 10.3 Å². The highest BCUT2D eigenvalue weighted by Gasteiger charge is 2.42. The Balaban J connectivity index is 1.87. The summed E-state index contributed by atoms with van der Waals surface area (Å²) in [7, 11) is 0. The Labute approximate surface area is 132 Å². The number of ether oxygens (including phenoxy) is 1. The molecule has 23 heavy (non-hydrogen) atoms. The highest BCUT2D eigenvalue weighted by Crippen LogP contribution is 2.33. The van der Waals surface area contributed by atoms with E-state index in [1.807, 2.05) is 6.92 Å². The average molecular weight is 325 g/mol. The van der Waals surface area contributed by atoms with Crippen molar-refractivity contribution in [1.29, 1.82) is 0 Å². The normalized spacial score (nSPS) is 25.0. The van der Waals surface area contributed by atoms with E-state index >= 15 is 0 Å². The lowest BCUT2D eigenvalue weighted by atomic mass is 10.1. The Bertz CT molecular complexity index is 621. The molecule has 0 aliphatic carbocycles. The van der Waals surface area contributed by atoms with Crippen LogP contribution in [0.3, 0.4) is 0 Å². The Kier molecular flexibility index (Phi) is 4.41. The van der Waals surface area contributed by atoms with E-state index in [2.05, 4.69) is 10.3 Å². The number of hydrogen-bond donors (Lipinski definition) is 1. The molecule has 3 rings (SSSR count). The Morgan fingerprint density at radius 1 is 1.35 bits per heavy atom. The van der Waals surface area contributed by atoms with E-state index in [0.29, 0.717) is 18.8 Å². The van der Waals surface area contributed by atoms with Crippen LogP contribution >= 0.6 is 0 Å². The molecule has 0 radical (unpaired) electrons. The Morgan fingerprint density at radius 3 is 2.83 bits per heavy atom. The van der Waals surface area contributed by atoms with Crippen molar-refractivity contribution in [2.45, 2.75) is 25.2 Å². The van der Waals surface area contributed by atoms with Gasteiger partial charge in [0.1, 0.15) is 12.1 Å². The van der Waals surface area contributed by atoms with Gasteiger partial charge in [0.25, 0.3) is 0 Å². The molecule has 4 nitrogen and oxygen atoms in total. The molecule has 0 spiro atoms. The van der Waals surface area contributed by atoms with Gasteiger partial charge in [-0.1, -0.05) is 12.2 Å². The molecule has 0 amide bonds. The number of morpholine rings is 1. The van der Waals surface area contributed by atoms with Gasteiger partial charge in [0.2, 0.25) is 0 Å². The van der Waals surface area contributed by atoms with Crippen LogP contribution in [0.5, 0.6) is 0 Å². The van der Waals surface area contributed by atoms with Gasteiger partial charge in [-0.3, -0.25) is 4.98 Å². The summed E-state index contributed by atoms with van der Waals surface area (Å²) >= 11 is 0. The molecule has 3 heterocycles. The first-order chi connectivity index (χ1) is 11.0. The van der Waals surface area contributed by atoms with Crippen molar-refractivity contribution in [3.05, 3.63) is 47.9 Å². The SMILES string of the molecule is Cc1cc(N2C=CC=CC2C(F)(F)F)cnc1C1CNCCO1. The first-order valence-corrected chi connectivity index (χ1v) is 7.46. The number of pyridine rings is 1. The minimum Gasteiger partial charge on any atom is -0.369 e. The molecule has 2 aliphatic heterocycles. The number of halogens is 3. The van der Waals surface area contributed by atoms with Gasteiger partial charge in [-0.2, -0.15) is 13.2 Å². The summed E-state index contributed by atoms with van der Waals surface area (Å²) in [6, 6.07) is 0.0508. The monoisotopic (exact) mass is 325 g/mol. The Hall–Kier alpha value is -1.86. The van der Waals surface area contributed by atoms with E-state index in [1.165, 1.54) is 23.4 Å². The number of nitrogens with zero attached hydrogens (tertiary/aromatic N) is 2. The molecule has 0 saturated carbocycles. The van der Waals surface area contributed by atoms with Gasteiger partial charge in [-0.05, 0) is 24.6 Å². The highest BCUT2D eigenvalue weighted by atomic mass is 19.4. The van der Waals surface area contributed by atoms with Crippen molar-refractivity contribution in [2.75, 3.05) is 24.6 Å². The van der Waals surface area contributed by atoms with E-state index in [4.69, 9.17) is 4.74 Å². The lowest BCUT2D eigenvalue weighted by molar-refractivity contribution is -0.136. The number of nitrogens with one attached hydrogen (secondary N) is 1. The van der Waals surface area contributed by atoms with Crippen LogP contribution in [0, 0.1) is 6.92 Å². The zero-order valence-corrected chi connectivity index (χ0v) is 12.7. The first-order valence-electron chi connectivity index (χ1n) is 7.46. The van der Waals surface area contributed by atoms with E-state index in [9.17, 15) is 13.2 Å². The summed E-state index contributed by atoms with van der Waals surface area (Å²) in [4.78, 5) is 5.55. The molecular weight excluding hydrogens is 307 g/mol. The number of hydrogen-bond acceptors (Lipinski definition) is 4. The van der Waals surface area contributed by atoms with E-state index in [1.54, 1.807) is 12.1 Å². The van der Waals surface area contributed by atoms with Crippen LogP contribution in [0.25, 0.3) is 0 Å². The summed E-state index contributed by atoms with van der Waals surface area (Å²) in [6.45, 7) is 3.90. The third kappa shape index (κ3) is 3.40. The molecule has 1 aromatic rings. The molecule has 2 aliphatic rings. The van der Waals surface area contributed by atoms with E-state index in [0.717, 1.165) is 23.9 Å². The zero-order chi connectivity index (χ0) is 16.4. The van der Waals surface area contributed by atoms with Crippen LogP contribution in [0.4, 0.5) is 18.9 Å². The molecule has 0 bridgehead atoms. The second kappa shape index (κ2) is 6.33. The predicted octanol–water partition coefficient (Wildman–Crippen LogP) is 2.87. The van der Waals surface area contributed by atoms with Crippen molar-refractivity contribution in [3.63, 3.8) is 0 Å². The van der Waals surface area contributed by atoms with E-state index < -0.39 is 12.2 Å². The van der Waals surface area contributed by atoms with E-state index in [-0.39, 0.29) is 6.10 Å². The summed E-state index contributed by atoms with van der Waals surface area (Å²) in [5.74, 6) is 0. The second-order valence-corrected chi connectivity index (χ2v) is 5.58. The molecule has 0 aromatic carbocycles. The lowest BCUT2D eigenvalue weighted by Crippen LogP contribution is -2.42. The fraction of sp³-hybridized carbons (Fsp3) is 0.438. The van der Waals surface area contributed by atoms with Crippen LogP contribution in [0.2, 0.25) is 0 Å². The zero-order valence-electron chi connectivity index (χ0n) is 12.7. The standard InChI is InChI=1S/C16H18F3N3O/c1-11-8-12(9-21-15(11)13-10-20-5-7-23-13)22-6-3-2-4-14(22)16(17,18)19/h2-4,6,8-9,13-14,20H,5,7,10H2,1H3. The fourth-order valence-electron chi connectivity index (χ4n) is 2.80. The van der Waals surface area contributed by atoms with Crippen LogP contribution in [0.1, 0.15) is 17.4 Å². The minimum atomic E-state index is -4.34. The predicted molar refractivity (Wildman–Crippen MR) is 81.1 cm³/mol. The summed E-state index contributed by atoms with van der Waals surface area (Å²) < 4.78 is 45.2. The van der Waals surface area contributed by atoms with Crippen LogP contribution in [-0.2, 0) is 4.74 Å². The van der Waals surface area contributed by atoms with Crippen LogP contribution < -0.4 is 10.2 Å². The number of anilines is 1. The summed E-state index contributed by atoms with van der Waals surface area (Å²) in [5.41, 5.74) is 2.00. The highest BCUT2D eigenvalue weighted by molar-refractivity contribution is 5.54. The maximum Gasteiger partial charge on any atom is 0.412 e. The second-order valence-electron chi connectivity index (χ2n) is 5.58. The molecule has 1 fully saturated rings. The van der Waals surface area contributed by atoms with Crippen LogP contribution in [-0.4, -0.2) is 36.9 Å². The van der Waals surface area contributed by atoms with Crippen molar-refractivity contribution in [3.8, 4) is 0 Å². The third-order valence-corrected chi connectivity index (χ3v) is 3.92. The molecule has 1 aromatic heterocycles. The molecule has 2 unspecified atom stereocenters. The summed E-state index contributed by atoms with van der Waals surface area (Å²) in [5, 5.41) is 3.22. The molecule has 124 valence electrons. The minimum absolute atomic E-state index is 0.159. The average Bonchev–Trinajstić information content (AvgIpc) is 2.55. The molecule has 7 heteroatoms. The van der Waals surface area contributed by atoms with Crippen molar-refractivity contribution < 1.29 is 17.9 Å². The Morgan fingerprint density at radius 2 is 2.17 bits per heavy atom. The lowest BCUT2D eigenvalue weighted by Gasteiger charge is -2.32. The number of aromatic nitrogens is 1. The first kappa shape index (κ1) is 16.0. The van der Waals surface area contributed by atoms with Gasteiger partial charge < -0.3 is 15.0 Å². The van der Waals surface area contributed by atoms with Gasteiger partial charge >= 0.3 is 6.18 Å². The molecule has 2 atom stereocenters. The number of aryl methyl sites for hydroxylation is 1. The third-order valence-electron chi connectivity index (χ3n) is 3.92. The summed E-state index contributed by atoms with van der Waals surface area (Å²) in [6.07, 6.45) is 2.52. The van der Waals surface area contributed by atoms with Gasteiger partial charge in [0.15, 0.2) is 0 Å². The molecular formula is C16H18F3N3O. The van der Waals surface area contributed by atoms with Gasteiger partial charge in [-0.25, -0.2) is 0 Å². The van der Waals surface area contributed by atoms with Crippen molar-refractivity contribution in [2.24, 2.45) is 0 Å². The largest absolute Gasteiger partial charge is 0.412 e. The number of rotatable bonds is 2. The molecule has 1 saturated heterocycles. The van der Waals surface area contributed by atoms with Crippen LogP contribution in [0.15, 0.2) is 36.7 Å². The number of allylic oxidation sites excluding steroid dienone is 2. The van der Waals surface area contributed by atoms with Gasteiger partial charge in [-0.15, -0.1) is 0 Å². The van der Waals surface area contributed by atoms with Gasteiger partial charge in [0.05, 0.1) is 24.2 Å². The van der Waals surface area contributed by atoms with Gasteiger partial charge in [0, 0.05) is 19.3 Å². The maximum absolute atomic E-state index is 13.2. The molecule has 1 N–H and O–H groups in total. The quantitative estimate of drug-likeness (QED) is 0.907. The topological polar surface area (TPSA) is 37.4 Å². The number of alkyl halides is 3. The fourth-order valence-corrected chi connectivity index (χ4v) is 2.80. The maximum atomic E-state index is 13.2. The smallest absolute Gasteiger partial charge is 0.369 e.